The van der Waals surface area contributed by atoms with Gasteiger partial charge in [0.05, 0.1) is 0 Å². The van der Waals surface area contributed by atoms with Crippen molar-refractivity contribution in [1.29, 1.82) is 0 Å². The Kier molecular flexibility index (Phi) is 5.98. The zero-order valence-electron chi connectivity index (χ0n) is 13.0. The van der Waals surface area contributed by atoms with E-state index in [-0.39, 0.29) is 12.6 Å². The number of rotatable bonds is 8. The van der Waals surface area contributed by atoms with E-state index in [1.54, 1.807) is 0 Å². The van der Waals surface area contributed by atoms with Crippen LogP contribution >= 0.6 is 0 Å². The molecule has 1 unspecified atom stereocenters. The maximum atomic E-state index is 9.10. The number of anilines is 3. The maximum absolute atomic E-state index is 9.10. The largest absolute Gasteiger partial charge is 0.396 e. The highest BCUT2D eigenvalue weighted by atomic mass is 16.3. The highest BCUT2D eigenvalue weighted by molar-refractivity contribution is 5.44. The van der Waals surface area contributed by atoms with Gasteiger partial charge in [0.25, 0.3) is 0 Å². The molecule has 1 atom stereocenters. The van der Waals surface area contributed by atoms with E-state index in [9.17, 15) is 0 Å². The van der Waals surface area contributed by atoms with Gasteiger partial charge in [-0.15, -0.1) is 0 Å². The van der Waals surface area contributed by atoms with E-state index in [1.807, 2.05) is 6.92 Å². The second-order valence-corrected chi connectivity index (χ2v) is 5.27. The molecule has 1 aromatic heterocycles. The van der Waals surface area contributed by atoms with Crippen molar-refractivity contribution in [2.24, 2.45) is 0 Å². The topological polar surface area (TPSA) is 86.2 Å². The molecular formula is C14H26N6O. The molecule has 0 amide bonds. The number of aliphatic hydroxyl groups excluding tert-OH is 1. The van der Waals surface area contributed by atoms with Crippen LogP contribution in [0.5, 0.6) is 0 Å². The van der Waals surface area contributed by atoms with Gasteiger partial charge in [-0.3, -0.25) is 0 Å². The molecule has 1 aliphatic rings. The quantitative estimate of drug-likeness (QED) is 0.669. The van der Waals surface area contributed by atoms with Gasteiger partial charge >= 0.3 is 0 Å². The number of nitrogens with zero attached hydrogens (tertiary/aromatic N) is 4. The lowest BCUT2D eigenvalue weighted by Crippen LogP contribution is -2.25. The van der Waals surface area contributed by atoms with E-state index in [0.717, 1.165) is 32.0 Å². The first-order chi connectivity index (χ1) is 10.3. The van der Waals surface area contributed by atoms with E-state index < -0.39 is 0 Å². The third-order valence-electron chi connectivity index (χ3n) is 3.65. The van der Waals surface area contributed by atoms with Crippen LogP contribution in [0.1, 0.15) is 39.5 Å². The summed E-state index contributed by atoms with van der Waals surface area (Å²) in [5.41, 5.74) is 0. The van der Waals surface area contributed by atoms with Gasteiger partial charge in [0.15, 0.2) is 0 Å². The van der Waals surface area contributed by atoms with E-state index in [0.29, 0.717) is 18.3 Å². The van der Waals surface area contributed by atoms with Crippen LogP contribution in [0.3, 0.4) is 0 Å². The fraction of sp³-hybridized carbons (Fsp3) is 0.786. The van der Waals surface area contributed by atoms with Crippen molar-refractivity contribution < 1.29 is 5.11 Å². The van der Waals surface area contributed by atoms with Gasteiger partial charge in [-0.2, -0.15) is 15.0 Å². The van der Waals surface area contributed by atoms with Gasteiger partial charge in [0.1, 0.15) is 0 Å². The minimum absolute atomic E-state index is 0.162. The average molecular weight is 294 g/mol. The molecule has 0 aromatic carbocycles. The standard InChI is InChI=1S/C14H26N6O/c1-3-11(7-10-21)16-13-17-12(15-4-2)18-14(19-13)20-8-5-6-9-20/h11,21H,3-10H2,1-2H3,(H2,15,16,17,18,19). The fourth-order valence-corrected chi connectivity index (χ4v) is 2.44. The molecule has 2 heterocycles. The van der Waals surface area contributed by atoms with Gasteiger partial charge < -0.3 is 20.6 Å². The molecule has 7 heteroatoms. The van der Waals surface area contributed by atoms with E-state index in [2.05, 4.69) is 37.4 Å². The molecule has 3 N–H and O–H groups in total. The molecule has 0 spiro atoms. The number of nitrogens with one attached hydrogen (secondary N) is 2. The minimum Gasteiger partial charge on any atom is -0.396 e. The Hall–Kier alpha value is -1.63. The molecule has 0 saturated carbocycles. The maximum Gasteiger partial charge on any atom is 0.231 e. The Morgan fingerprint density at radius 3 is 2.48 bits per heavy atom. The van der Waals surface area contributed by atoms with Crippen molar-refractivity contribution in [3.63, 3.8) is 0 Å². The Labute approximate surface area is 126 Å². The summed E-state index contributed by atoms with van der Waals surface area (Å²) >= 11 is 0. The van der Waals surface area contributed by atoms with E-state index in [1.165, 1.54) is 12.8 Å². The van der Waals surface area contributed by atoms with Crippen LogP contribution in [-0.4, -0.2) is 52.3 Å². The molecule has 0 radical (unpaired) electrons. The molecule has 2 rings (SSSR count). The Balaban J connectivity index is 2.17. The van der Waals surface area contributed by atoms with Gasteiger partial charge in [0.2, 0.25) is 17.8 Å². The molecule has 21 heavy (non-hydrogen) atoms. The van der Waals surface area contributed by atoms with E-state index in [4.69, 9.17) is 5.11 Å². The zero-order valence-corrected chi connectivity index (χ0v) is 13.0. The Morgan fingerprint density at radius 1 is 1.14 bits per heavy atom. The molecule has 1 saturated heterocycles. The molecular weight excluding hydrogens is 268 g/mol. The van der Waals surface area contributed by atoms with Crippen LogP contribution in [-0.2, 0) is 0 Å². The lowest BCUT2D eigenvalue weighted by Gasteiger charge is -2.19. The Morgan fingerprint density at radius 2 is 1.86 bits per heavy atom. The van der Waals surface area contributed by atoms with Crippen molar-refractivity contribution >= 4 is 17.8 Å². The summed E-state index contributed by atoms with van der Waals surface area (Å²) < 4.78 is 0. The third-order valence-corrected chi connectivity index (χ3v) is 3.65. The zero-order chi connectivity index (χ0) is 15.1. The first-order valence-electron chi connectivity index (χ1n) is 7.89. The monoisotopic (exact) mass is 294 g/mol. The Bertz CT molecular complexity index is 435. The lowest BCUT2D eigenvalue weighted by atomic mass is 10.2. The van der Waals surface area contributed by atoms with Crippen LogP contribution in [0.2, 0.25) is 0 Å². The smallest absolute Gasteiger partial charge is 0.231 e. The van der Waals surface area contributed by atoms with Crippen molar-refractivity contribution in [2.45, 2.75) is 45.6 Å². The third kappa shape index (κ3) is 4.42. The van der Waals surface area contributed by atoms with Crippen molar-refractivity contribution in [3.8, 4) is 0 Å². The molecule has 0 bridgehead atoms. The summed E-state index contributed by atoms with van der Waals surface area (Å²) in [6, 6.07) is 0.179. The van der Waals surface area contributed by atoms with Gasteiger partial charge in [-0.05, 0) is 32.6 Å². The van der Waals surface area contributed by atoms with E-state index >= 15 is 0 Å². The van der Waals surface area contributed by atoms with Crippen LogP contribution < -0.4 is 15.5 Å². The highest BCUT2D eigenvalue weighted by Crippen LogP contribution is 2.19. The van der Waals surface area contributed by atoms with Crippen LogP contribution in [0.4, 0.5) is 17.8 Å². The molecule has 1 fully saturated rings. The first kappa shape index (κ1) is 15.8. The highest BCUT2D eigenvalue weighted by Gasteiger charge is 2.18. The normalized spacial score (nSPS) is 16.0. The SMILES string of the molecule is CCNc1nc(NC(CC)CCO)nc(N2CCCC2)n1. The van der Waals surface area contributed by atoms with Gasteiger partial charge in [-0.25, -0.2) is 0 Å². The predicted molar refractivity (Wildman–Crippen MR) is 84.8 cm³/mol. The summed E-state index contributed by atoms with van der Waals surface area (Å²) in [5, 5.41) is 15.6. The second kappa shape index (κ2) is 7.97. The van der Waals surface area contributed by atoms with Crippen LogP contribution in [0.25, 0.3) is 0 Å². The van der Waals surface area contributed by atoms with Crippen LogP contribution in [0.15, 0.2) is 0 Å². The molecule has 118 valence electrons. The number of aliphatic hydroxyl groups is 1. The predicted octanol–water partition coefficient (Wildman–Crippen LogP) is 1.48. The van der Waals surface area contributed by atoms with Gasteiger partial charge in [-0.1, -0.05) is 6.92 Å². The lowest BCUT2D eigenvalue weighted by molar-refractivity contribution is 0.278. The molecule has 1 aromatic rings. The number of aromatic nitrogens is 3. The first-order valence-corrected chi connectivity index (χ1v) is 7.89. The summed E-state index contributed by atoms with van der Waals surface area (Å²) in [5.74, 6) is 1.93. The summed E-state index contributed by atoms with van der Waals surface area (Å²) in [7, 11) is 0. The number of hydrogen-bond donors (Lipinski definition) is 3. The fourth-order valence-electron chi connectivity index (χ4n) is 2.44. The number of hydrogen-bond acceptors (Lipinski definition) is 7. The molecule has 0 aliphatic carbocycles. The summed E-state index contributed by atoms with van der Waals surface area (Å²) in [6.45, 7) is 7.05. The summed E-state index contributed by atoms with van der Waals surface area (Å²) in [6.07, 6.45) is 3.99. The second-order valence-electron chi connectivity index (χ2n) is 5.27. The van der Waals surface area contributed by atoms with Crippen LogP contribution in [0, 0.1) is 0 Å². The average Bonchev–Trinajstić information content (AvgIpc) is 3.01. The molecule has 7 nitrogen and oxygen atoms in total. The summed E-state index contributed by atoms with van der Waals surface area (Å²) in [4.78, 5) is 15.6. The molecule has 1 aliphatic heterocycles. The van der Waals surface area contributed by atoms with Crippen molar-refractivity contribution in [1.82, 2.24) is 15.0 Å². The van der Waals surface area contributed by atoms with Gasteiger partial charge in [0, 0.05) is 32.3 Å². The minimum atomic E-state index is 0.162. The van der Waals surface area contributed by atoms with Crippen molar-refractivity contribution in [3.05, 3.63) is 0 Å². The van der Waals surface area contributed by atoms with Crippen molar-refractivity contribution in [2.75, 3.05) is 41.8 Å².